The molecule has 0 aliphatic carbocycles. The second kappa shape index (κ2) is 9.90. The van der Waals surface area contributed by atoms with Crippen LogP contribution in [0.3, 0.4) is 0 Å². The van der Waals surface area contributed by atoms with E-state index in [0.717, 1.165) is 18.7 Å². The van der Waals surface area contributed by atoms with E-state index < -0.39 is 21.6 Å². The third-order valence-corrected chi connectivity index (χ3v) is 6.37. The SMILES string of the molecule is COc1ccc(S(=O)(=O)CNc2c(CN3CCOCC3)cccc2C(=O)NO)cc1. The van der Waals surface area contributed by atoms with Crippen LogP contribution in [0.4, 0.5) is 5.69 Å². The molecule has 3 rings (SSSR count). The molecule has 1 amide bonds. The maximum absolute atomic E-state index is 12.8. The largest absolute Gasteiger partial charge is 0.497 e. The lowest BCUT2D eigenvalue weighted by Gasteiger charge is -2.28. The van der Waals surface area contributed by atoms with Gasteiger partial charge in [-0.1, -0.05) is 12.1 Å². The van der Waals surface area contributed by atoms with Gasteiger partial charge in [0.15, 0.2) is 9.84 Å². The molecule has 9 nitrogen and oxygen atoms in total. The van der Waals surface area contributed by atoms with Gasteiger partial charge in [-0.05, 0) is 35.9 Å². The highest BCUT2D eigenvalue weighted by molar-refractivity contribution is 7.91. The van der Waals surface area contributed by atoms with E-state index in [4.69, 9.17) is 14.7 Å². The number of benzene rings is 2. The van der Waals surface area contributed by atoms with Crippen LogP contribution in [0.1, 0.15) is 15.9 Å². The fraction of sp³-hybridized carbons (Fsp3) is 0.350. The second-order valence-electron chi connectivity index (χ2n) is 6.78. The number of para-hydroxylation sites is 1. The summed E-state index contributed by atoms with van der Waals surface area (Å²) in [6.45, 7) is 3.22. The summed E-state index contributed by atoms with van der Waals surface area (Å²) in [4.78, 5) is 14.4. The average Bonchev–Trinajstić information content (AvgIpc) is 2.78. The van der Waals surface area contributed by atoms with Gasteiger partial charge in [-0.2, -0.15) is 0 Å². The normalized spacial score (nSPS) is 14.9. The molecule has 0 aromatic heterocycles. The highest BCUT2D eigenvalue weighted by Crippen LogP contribution is 2.25. The first-order valence-corrected chi connectivity index (χ1v) is 11.1. The van der Waals surface area contributed by atoms with E-state index in [9.17, 15) is 13.2 Å². The lowest BCUT2D eigenvalue weighted by molar-refractivity contribution is 0.0342. The Morgan fingerprint density at radius 1 is 1.17 bits per heavy atom. The van der Waals surface area contributed by atoms with Crippen LogP contribution < -0.4 is 15.5 Å². The van der Waals surface area contributed by atoms with E-state index in [2.05, 4.69) is 10.2 Å². The summed E-state index contributed by atoms with van der Waals surface area (Å²) in [6, 6.07) is 11.1. The summed E-state index contributed by atoms with van der Waals surface area (Å²) in [5, 5.41) is 12.0. The summed E-state index contributed by atoms with van der Waals surface area (Å²) in [5.74, 6) is -0.576. The van der Waals surface area contributed by atoms with Crippen molar-refractivity contribution in [3.05, 3.63) is 53.6 Å². The zero-order chi connectivity index (χ0) is 21.6. The molecule has 10 heteroatoms. The summed E-state index contributed by atoms with van der Waals surface area (Å²) in [5.41, 5.74) is 2.90. The van der Waals surface area contributed by atoms with Crippen molar-refractivity contribution in [2.24, 2.45) is 0 Å². The van der Waals surface area contributed by atoms with Crippen LogP contribution in [0, 0.1) is 0 Å². The number of rotatable bonds is 8. The molecule has 3 N–H and O–H groups in total. The van der Waals surface area contributed by atoms with E-state index in [1.807, 2.05) is 6.07 Å². The van der Waals surface area contributed by atoms with Crippen molar-refractivity contribution in [3.63, 3.8) is 0 Å². The molecule has 0 spiro atoms. The Morgan fingerprint density at radius 2 is 1.87 bits per heavy atom. The molecular formula is C20H25N3O6S. The smallest absolute Gasteiger partial charge is 0.276 e. The molecular weight excluding hydrogens is 410 g/mol. The third-order valence-electron chi connectivity index (χ3n) is 4.85. The van der Waals surface area contributed by atoms with E-state index in [0.29, 0.717) is 31.2 Å². The van der Waals surface area contributed by atoms with Crippen LogP contribution in [0.25, 0.3) is 0 Å². The molecule has 1 heterocycles. The first-order chi connectivity index (χ1) is 14.4. The van der Waals surface area contributed by atoms with E-state index in [-0.39, 0.29) is 10.5 Å². The number of hydroxylamine groups is 1. The van der Waals surface area contributed by atoms with Crippen LogP contribution in [-0.4, -0.2) is 63.7 Å². The molecule has 1 aliphatic heterocycles. The third kappa shape index (κ3) is 5.28. The minimum absolute atomic E-state index is 0.134. The van der Waals surface area contributed by atoms with Gasteiger partial charge in [0.2, 0.25) is 0 Å². The Hall–Kier alpha value is -2.66. The highest BCUT2D eigenvalue weighted by atomic mass is 32.2. The lowest BCUT2D eigenvalue weighted by atomic mass is 10.1. The van der Waals surface area contributed by atoms with Crippen molar-refractivity contribution in [2.75, 3.05) is 44.6 Å². The first kappa shape index (κ1) is 22.0. The zero-order valence-electron chi connectivity index (χ0n) is 16.6. The topological polar surface area (TPSA) is 117 Å². The van der Waals surface area contributed by atoms with Crippen LogP contribution >= 0.6 is 0 Å². The van der Waals surface area contributed by atoms with Gasteiger partial charge in [0, 0.05) is 19.6 Å². The number of morpholine rings is 1. The average molecular weight is 436 g/mol. The molecule has 0 atom stereocenters. The molecule has 30 heavy (non-hydrogen) atoms. The van der Waals surface area contributed by atoms with Crippen LogP contribution in [0.5, 0.6) is 5.75 Å². The quantitative estimate of drug-likeness (QED) is 0.422. The number of carbonyl (C=O) groups is 1. The number of hydrogen-bond donors (Lipinski definition) is 3. The molecule has 0 saturated carbocycles. The lowest BCUT2D eigenvalue weighted by Crippen LogP contribution is -2.36. The second-order valence-corrected chi connectivity index (χ2v) is 8.77. The predicted molar refractivity (Wildman–Crippen MR) is 110 cm³/mol. The summed E-state index contributed by atoms with van der Waals surface area (Å²) in [7, 11) is -2.17. The Bertz CT molecular complexity index is 973. The van der Waals surface area contributed by atoms with E-state index in [1.165, 1.54) is 25.3 Å². The minimum atomic E-state index is -3.68. The summed E-state index contributed by atoms with van der Waals surface area (Å²) in [6.07, 6.45) is 0. The number of amides is 1. The predicted octanol–water partition coefficient (Wildman–Crippen LogP) is 1.49. The number of ether oxygens (including phenoxy) is 2. The highest BCUT2D eigenvalue weighted by Gasteiger charge is 2.21. The Labute approximate surface area is 175 Å². The number of anilines is 1. The molecule has 1 fully saturated rings. The Kier molecular flexibility index (Phi) is 7.27. The van der Waals surface area contributed by atoms with Crippen molar-refractivity contribution in [2.45, 2.75) is 11.4 Å². The maximum Gasteiger partial charge on any atom is 0.276 e. The van der Waals surface area contributed by atoms with E-state index in [1.54, 1.807) is 23.7 Å². The molecule has 1 saturated heterocycles. The van der Waals surface area contributed by atoms with Crippen LogP contribution in [0.2, 0.25) is 0 Å². The standard InChI is InChI=1S/C20H25N3O6S/c1-28-16-5-7-17(8-6-16)30(26,27)14-21-19-15(13-23-9-11-29-12-10-23)3-2-4-18(19)20(24)22-25/h2-8,21,25H,9-14H2,1H3,(H,22,24). The van der Waals surface area contributed by atoms with Gasteiger partial charge in [0.05, 0.1) is 36.5 Å². The van der Waals surface area contributed by atoms with E-state index >= 15 is 0 Å². The number of carbonyl (C=O) groups excluding carboxylic acids is 1. The molecule has 0 bridgehead atoms. The number of methoxy groups -OCH3 is 1. The Morgan fingerprint density at radius 3 is 2.50 bits per heavy atom. The van der Waals surface area contributed by atoms with Crippen molar-refractivity contribution in [3.8, 4) is 5.75 Å². The number of nitrogens with zero attached hydrogens (tertiary/aromatic N) is 1. The summed E-state index contributed by atoms with van der Waals surface area (Å²) < 4.78 is 36.0. The molecule has 0 radical (unpaired) electrons. The molecule has 1 aliphatic rings. The monoisotopic (exact) mass is 435 g/mol. The van der Waals surface area contributed by atoms with Gasteiger partial charge < -0.3 is 14.8 Å². The fourth-order valence-corrected chi connectivity index (χ4v) is 4.28. The van der Waals surface area contributed by atoms with Gasteiger partial charge in [-0.3, -0.25) is 14.9 Å². The van der Waals surface area contributed by atoms with Gasteiger partial charge >= 0.3 is 0 Å². The van der Waals surface area contributed by atoms with Gasteiger partial charge in [0.1, 0.15) is 11.6 Å². The van der Waals surface area contributed by atoms with Crippen molar-refractivity contribution in [1.82, 2.24) is 10.4 Å². The number of sulfone groups is 1. The maximum atomic E-state index is 12.8. The van der Waals surface area contributed by atoms with Gasteiger partial charge in [-0.25, -0.2) is 13.9 Å². The molecule has 2 aromatic rings. The van der Waals surface area contributed by atoms with Gasteiger partial charge in [0.25, 0.3) is 5.91 Å². The number of nitrogens with one attached hydrogen (secondary N) is 2. The van der Waals surface area contributed by atoms with Crippen molar-refractivity contribution < 1.29 is 27.9 Å². The first-order valence-electron chi connectivity index (χ1n) is 9.41. The van der Waals surface area contributed by atoms with Crippen molar-refractivity contribution in [1.29, 1.82) is 0 Å². The van der Waals surface area contributed by atoms with Gasteiger partial charge in [-0.15, -0.1) is 0 Å². The fourth-order valence-electron chi connectivity index (χ4n) is 3.22. The van der Waals surface area contributed by atoms with Crippen molar-refractivity contribution >= 4 is 21.4 Å². The number of hydrogen-bond acceptors (Lipinski definition) is 8. The Balaban J connectivity index is 1.85. The molecule has 2 aromatic carbocycles. The zero-order valence-corrected chi connectivity index (χ0v) is 17.4. The van der Waals surface area contributed by atoms with Crippen LogP contribution in [-0.2, 0) is 21.1 Å². The van der Waals surface area contributed by atoms with Crippen LogP contribution in [0.15, 0.2) is 47.4 Å². The minimum Gasteiger partial charge on any atom is -0.497 e. The molecule has 162 valence electrons. The molecule has 0 unspecified atom stereocenters. The summed E-state index contributed by atoms with van der Waals surface area (Å²) >= 11 is 0.